The molecule has 0 saturated carbocycles. The van der Waals surface area contributed by atoms with Crippen molar-refractivity contribution in [2.24, 2.45) is 0 Å². The molecule has 0 spiro atoms. The van der Waals surface area contributed by atoms with Gasteiger partial charge in [0, 0.05) is 31.7 Å². The number of amides is 1. The molecule has 128 valence electrons. The lowest BCUT2D eigenvalue weighted by molar-refractivity contribution is -0.153. The van der Waals surface area contributed by atoms with Crippen LogP contribution >= 0.6 is 0 Å². The molecule has 0 bridgehead atoms. The van der Waals surface area contributed by atoms with Crippen molar-refractivity contribution in [1.82, 2.24) is 9.80 Å². The summed E-state index contributed by atoms with van der Waals surface area (Å²) in [6.45, 7) is 4.47. The van der Waals surface area contributed by atoms with Crippen LogP contribution in [0.2, 0.25) is 0 Å². The quantitative estimate of drug-likeness (QED) is 0.857. The van der Waals surface area contributed by atoms with E-state index in [9.17, 15) is 18.0 Å². The maximum atomic E-state index is 12.4. The Labute approximate surface area is 132 Å². The van der Waals surface area contributed by atoms with Crippen molar-refractivity contribution in [3.05, 3.63) is 23.8 Å². The van der Waals surface area contributed by atoms with Gasteiger partial charge in [0.2, 0.25) is 0 Å². The van der Waals surface area contributed by atoms with Gasteiger partial charge in [-0.15, -0.1) is 0 Å². The van der Waals surface area contributed by atoms with Gasteiger partial charge in [0.1, 0.15) is 5.75 Å². The molecular formula is C15H20F3N3O2. The lowest BCUT2D eigenvalue weighted by atomic mass is 10.1. The summed E-state index contributed by atoms with van der Waals surface area (Å²) in [7, 11) is 0. The summed E-state index contributed by atoms with van der Waals surface area (Å²) in [5.74, 6) is -0.246. The Morgan fingerprint density at radius 2 is 1.91 bits per heavy atom. The number of likely N-dealkylation sites (N-methyl/N-ethyl adjacent to an activating group) is 1. The van der Waals surface area contributed by atoms with Crippen LogP contribution in [0.5, 0.6) is 5.75 Å². The van der Waals surface area contributed by atoms with Gasteiger partial charge in [0.05, 0.1) is 5.69 Å². The number of piperazine rings is 1. The lowest BCUT2D eigenvalue weighted by Crippen LogP contribution is -2.48. The molecule has 1 saturated heterocycles. The third kappa shape index (κ3) is 4.75. The highest BCUT2D eigenvalue weighted by atomic mass is 19.4. The monoisotopic (exact) mass is 331 g/mol. The van der Waals surface area contributed by atoms with E-state index in [1.54, 1.807) is 4.90 Å². The average Bonchev–Trinajstić information content (AvgIpc) is 2.52. The van der Waals surface area contributed by atoms with Gasteiger partial charge in [-0.3, -0.25) is 4.79 Å². The lowest BCUT2D eigenvalue weighted by Gasteiger charge is -2.34. The number of halogens is 3. The van der Waals surface area contributed by atoms with E-state index in [2.05, 4.69) is 16.6 Å². The van der Waals surface area contributed by atoms with E-state index in [1.165, 1.54) is 18.2 Å². The van der Waals surface area contributed by atoms with Crippen molar-refractivity contribution >= 4 is 11.6 Å². The van der Waals surface area contributed by atoms with Crippen molar-refractivity contribution in [2.75, 3.05) is 45.1 Å². The molecule has 1 aliphatic rings. The van der Waals surface area contributed by atoms with Crippen LogP contribution in [0, 0.1) is 0 Å². The highest BCUT2D eigenvalue weighted by Crippen LogP contribution is 2.26. The molecule has 1 aromatic carbocycles. The van der Waals surface area contributed by atoms with Gasteiger partial charge in [-0.2, -0.15) is 13.2 Å². The van der Waals surface area contributed by atoms with Crippen LogP contribution in [0.3, 0.4) is 0 Å². The summed E-state index contributed by atoms with van der Waals surface area (Å²) < 4.78 is 41.1. The number of carbonyl (C=O) groups is 1. The van der Waals surface area contributed by atoms with E-state index in [0.717, 1.165) is 19.6 Å². The Morgan fingerprint density at radius 3 is 2.43 bits per heavy atom. The van der Waals surface area contributed by atoms with Gasteiger partial charge in [0.15, 0.2) is 6.61 Å². The smallest absolute Gasteiger partial charge is 0.422 e. The van der Waals surface area contributed by atoms with Gasteiger partial charge in [-0.05, 0) is 24.7 Å². The van der Waals surface area contributed by atoms with E-state index in [1.807, 2.05) is 0 Å². The fourth-order valence-corrected chi connectivity index (χ4v) is 2.42. The first kappa shape index (κ1) is 17.4. The second-order valence-electron chi connectivity index (χ2n) is 5.38. The Kier molecular flexibility index (Phi) is 5.35. The van der Waals surface area contributed by atoms with Crippen LogP contribution < -0.4 is 10.5 Å². The number of alkyl halides is 3. The number of carbonyl (C=O) groups excluding carboxylic acids is 1. The largest absolute Gasteiger partial charge is 0.482 e. The van der Waals surface area contributed by atoms with E-state index >= 15 is 0 Å². The van der Waals surface area contributed by atoms with Crippen LogP contribution in [0.15, 0.2) is 18.2 Å². The third-order valence-corrected chi connectivity index (χ3v) is 3.75. The zero-order valence-corrected chi connectivity index (χ0v) is 12.9. The number of nitrogen functional groups attached to an aromatic ring is 1. The molecule has 1 fully saturated rings. The Hall–Kier alpha value is -1.96. The minimum Gasteiger partial charge on any atom is -0.482 e. The predicted molar refractivity (Wildman–Crippen MR) is 80.4 cm³/mol. The van der Waals surface area contributed by atoms with Crippen LogP contribution in [0.25, 0.3) is 0 Å². The molecule has 0 aromatic heterocycles. The van der Waals surface area contributed by atoms with Gasteiger partial charge in [-0.1, -0.05) is 6.92 Å². The number of nitrogens with two attached hydrogens (primary N) is 1. The van der Waals surface area contributed by atoms with Crippen LogP contribution in [-0.4, -0.2) is 61.2 Å². The maximum Gasteiger partial charge on any atom is 0.422 e. The van der Waals surface area contributed by atoms with Crippen LogP contribution in [-0.2, 0) is 0 Å². The van der Waals surface area contributed by atoms with Crippen LogP contribution in [0.1, 0.15) is 17.3 Å². The zero-order chi connectivity index (χ0) is 17.0. The third-order valence-electron chi connectivity index (χ3n) is 3.75. The maximum absolute atomic E-state index is 12.4. The van der Waals surface area contributed by atoms with Crippen molar-refractivity contribution in [2.45, 2.75) is 13.1 Å². The molecule has 0 atom stereocenters. The van der Waals surface area contributed by atoms with Crippen molar-refractivity contribution in [1.29, 1.82) is 0 Å². The fraction of sp³-hybridized carbons (Fsp3) is 0.533. The summed E-state index contributed by atoms with van der Waals surface area (Å²) in [5, 5.41) is 0. The minimum atomic E-state index is -4.43. The number of ether oxygens (including phenoxy) is 1. The van der Waals surface area contributed by atoms with Crippen molar-refractivity contribution < 1.29 is 22.7 Å². The second kappa shape index (κ2) is 7.08. The summed E-state index contributed by atoms with van der Waals surface area (Å²) >= 11 is 0. The number of hydrogen-bond donors (Lipinski definition) is 1. The second-order valence-corrected chi connectivity index (χ2v) is 5.38. The minimum absolute atomic E-state index is 0.0206. The average molecular weight is 331 g/mol. The summed E-state index contributed by atoms with van der Waals surface area (Å²) in [4.78, 5) is 16.4. The zero-order valence-electron chi connectivity index (χ0n) is 12.9. The predicted octanol–water partition coefficient (Wildman–Crippen LogP) is 1.99. The molecular weight excluding hydrogens is 311 g/mol. The number of anilines is 1. The molecule has 23 heavy (non-hydrogen) atoms. The van der Waals surface area contributed by atoms with E-state index in [-0.39, 0.29) is 17.3 Å². The van der Waals surface area contributed by atoms with Gasteiger partial charge >= 0.3 is 6.18 Å². The molecule has 0 aliphatic carbocycles. The van der Waals surface area contributed by atoms with Gasteiger partial charge in [-0.25, -0.2) is 0 Å². The first-order chi connectivity index (χ1) is 10.8. The molecule has 0 radical (unpaired) electrons. The molecule has 2 N–H and O–H groups in total. The molecule has 8 heteroatoms. The Bertz CT molecular complexity index is 555. The highest BCUT2D eigenvalue weighted by Gasteiger charge is 2.29. The topological polar surface area (TPSA) is 58.8 Å². The van der Waals surface area contributed by atoms with Crippen molar-refractivity contribution in [3.8, 4) is 5.75 Å². The summed E-state index contributed by atoms with van der Waals surface area (Å²) in [6, 6.07) is 4.10. The standard InChI is InChI=1S/C15H20F3N3O2/c1-2-20-5-7-21(8-6-20)14(22)11-3-4-13(12(19)9-11)23-10-15(16,17)18/h3-4,9H,2,5-8,10,19H2,1H3. The highest BCUT2D eigenvalue weighted by molar-refractivity contribution is 5.95. The number of hydrogen-bond acceptors (Lipinski definition) is 4. The van der Waals surface area contributed by atoms with E-state index in [4.69, 9.17) is 5.73 Å². The summed E-state index contributed by atoms with van der Waals surface area (Å²) in [6.07, 6.45) is -4.43. The molecule has 1 aliphatic heterocycles. The van der Waals surface area contributed by atoms with Gasteiger partial charge in [0.25, 0.3) is 5.91 Å². The number of benzene rings is 1. The molecule has 0 unspecified atom stereocenters. The Balaban J connectivity index is 2.01. The Morgan fingerprint density at radius 1 is 1.26 bits per heavy atom. The molecule has 2 rings (SSSR count). The molecule has 1 heterocycles. The first-order valence-corrected chi connectivity index (χ1v) is 7.41. The molecule has 5 nitrogen and oxygen atoms in total. The normalized spacial score (nSPS) is 16.4. The first-order valence-electron chi connectivity index (χ1n) is 7.41. The van der Waals surface area contributed by atoms with E-state index < -0.39 is 12.8 Å². The number of nitrogens with zero attached hydrogens (tertiary/aromatic N) is 2. The SMILES string of the molecule is CCN1CCN(C(=O)c2ccc(OCC(F)(F)F)c(N)c2)CC1. The van der Waals surface area contributed by atoms with E-state index in [0.29, 0.717) is 18.7 Å². The van der Waals surface area contributed by atoms with Crippen molar-refractivity contribution in [3.63, 3.8) is 0 Å². The van der Waals surface area contributed by atoms with Crippen LogP contribution in [0.4, 0.5) is 18.9 Å². The number of rotatable bonds is 4. The summed E-state index contributed by atoms with van der Waals surface area (Å²) in [5.41, 5.74) is 6.06. The fourth-order valence-electron chi connectivity index (χ4n) is 2.42. The molecule has 1 aromatic rings. The van der Waals surface area contributed by atoms with Gasteiger partial charge < -0.3 is 20.3 Å². The molecule has 1 amide bonds.